The summed E-state index contributed by atoms with van der Waals surface area (Å²) in [6.45, 7) is 4.94. The molecule has 4 rings (SSSR count). The summed E-state index contributed by atoms with van der Waals surface area (Å²) >= 11 is 0. The highest BCUT2D eigenvalue weighted by Gasteiger charge is 2.41. The lowest BCUT2D eigenvalue weighted by molar-refractivity contribution is -0.125. The third-order valence-corrected chi connectivity index (χ3v) is 5.69. The van der Waals surface area contributed by atoms with E-state index >= 15 is 0 Å². The summed E-state index contributed by atoms with van der Waals surface area (Å²) in [4.78, 5) is 15.4. The van der Waals surface area contributed by atoms with Gasteiger partial charge in [-0.25, -0.2) is 0 Å². The Balaban J connectivity index is 0.00000113. The number of hydrogen-bond donors (Lipinski definition) is 2. The fraction of sp³-hybridized carbons (Fsp3) is 0.765. The molecule has 1 saturated carbocycles. The van der Waals surface area contributed by atoms with Gasteiger partial charge in [-0.3, -0.25) is 14.4 Å². The van der Waals surface area contributed by atoms with Crippen LogP contribution in [-0.2, 0) is 11.8 Å². The SMILES string of the molecule is CC1CC(NC(=O)[C@H]2CNC[C@@H]2c2cnn(C)c2)CN1C1CC1.Cl.Cl. The highest BCUT2D eigenvalue weighted by atomic mass is 35.5. The largest absolute Gasteiger partial charge is 0.352 e. The zero-order chi connectivity index (χ0) is 16.0. The van der Waals surface area contributed by atoms with Crippen molar-refractivity contribution < 1.29 is 4.79 Å². The van der Waals surface area contributed by atoms with Gasteiger partial charge in [0.25, 0.3) is 0 Å². The number of aryl methyl sites for hydroxylation is 1. The van der Waals surface area contributed by atoms with Crippen LogP contribution in [0.5, 0.6) is 0 Å². The summed E-state index contributed by atoms with van der Waals surface area (Å²) in [5, 5.41) is 11.0. The molecule has 8 heteroatoms. The molecule has 0 bridgehead atoms. The summed E-state index contributed by atoms with van der Waals surface area (Å²) < 4.78 is 1.81. The number of nitrogens with one attached hydrogen (secondary N) is 2. The van der Waals surface area contributed by atoms with E-state index < -0.39 is 0 Å². The van der Waals surface area contributed by atoms with Gasteiger partial charge in [-0.1, -0.05) is 0 Å². The van der Waals surface area contributed by atoms with E-state index in [1.807, 2.05) is 24.1 Å². The van der Waals surface area contributed by atoms with Crippen molar-refractivity contribution in [3.8, 4) is 0 Å². The van der Waals surface area contributed by atoms with E-state index in [1.165, 1.54) is 12.8 Å². The number of carbonyl (C=O) groups excluding carboxylic acids is 1. The van der Waals surface area contributed by atoms with Crippen LogP contribution in [0.3, 0.4) is 0 Å². The van der Waals surface area contributed by atoms with Crippen LogP contribution < -0.4 is 10.6 Å². The molecule has 2 aliphatic heterocycles. The second-order valence-corrected chi connectivity index (χ2v) is 7.54. The quantitative estimate of drug-likeness (QED) is 0.814. The summed E-state index contributed by atoms with van der Waals surface area (Å²) in [5.41, 5.74) is 1.16. The lowest BCUT2D eigenvalue weighted by Gasteiger charge is -2.21. The summed E-state index contributed by atoms with van der Waals surface area (Å²) in [6, 6.07) is 1.69. The van der Waals surface area contributed by atoms with E-state index in [1.54, 1.807) is 0 Å². The lowest BCUT2D eigenvalue weighted by Crippen LogP contribution is -2.42. The van der Waals surface area contributed by atoms with Gasteiger partial charge in [-0.2, -0.15) is 5.10 Å². The Morgan fingerprint density at radius 2 is 2.08 bits per heavy atom. The van der Waals surface area contributed by atoms with E-state index in [9.17, 15) is 4.79 Å². The number of likely N-dealkylation sites (tertiary alicyclic amines) is 1. The van der Waals surface area contributed by atoms with Crippen molar-refractivity contribution in [3.63, 3.8) is 0 Å². The Hall–Kier alpha value is -0.820. The first kappa shape index (κ1) is 20.5. The van der Waals surface area contributed by atoms with Gasteiger partial charge in [0.1, 0.15) is 0 Å². The van der Waals surface area contributed by atoms with Crippen LogP contribution in [0.25, 0.3) is 0 Å². The Bertz CT molecular complexity index is 591. The summed E-state index contributed by atoms with van der Waals surface area (Å²) in [7, 11) is 1.92. The number of aromatic nitrogens is 2. The Morgan fingerprint density at radius 3 is 2.72 bits per heavy atom. The second-order valence-electron chi connectivity index (χ2n) is 7.54. The molecule has 3 fully saturated rings. The molecule has 1 amide bonds. The van der Waals surface area contributed by atoms with Crippen LogP contribution in [0.1, 0.15) is 37.7 Å². The molecule has 4 atom stereocenters. The first-order chi connectivity index (χ1) is 11.1. The topological polar surface area (TPSA) is 62.2 Å². The van der Waals surface area contributed by atoms with Gasteiger partial charge in [0, 0.05) is 56.9 Å². The second kappa shape index (κ2) is 8.25. The number of carbonyl (C=O) groups is 1. The summed E-state index contributed by atoms with van der Waals surface area (Å²) in [5.74, 6) is 0.463. The third kappa shape index (κ3) is 4.30. The van der Waals surface area contributed by atoms with Crippen molar-refractivity contribution in [2.45, 2.75) is 50.2 Å². The van der Waals surface area contributed by atoms with Crippen molar-refractivity contribution >= 4 is 30.7 Å². The molecule has 2 saturated heterocycles. The maximum Gasteiger partial charge on any atom is 0.225 e. The minimum atomic E-state index is 0. The predicted octanol–water partition coefficient (Wildman–Crippen LogP) is 1.31. The molecule has 0 aromatic carbocycles. The molecule has 1 aliphatic carbocycles. The van der Waals surface area contributed by atoms with E-state index in [2.05, 4.69) is 27.6 Å². The lowest BCUT2D eigenvalue weighted by atomic mass is 9.90. The standard InChI is InChI=1S/C17H27N5O.2ClH/c1-11-5-13(10-22(11)14-3-4-14)20-17(23)16-8-18-7-15(16)12-6-19-21(2)9-12;;/h6,9,11,13-16,18H,3-5,7-8,10H2,1-2H3,(H,20,23);2*1H/t11?,13?,15-,16+;;/m1../s1. The van der Waals surface area contributed by atoms with Gasteiger partial charge in [0.15, 0.2) is 0 Å². The van der Waals surface area contributed by atoms with Gasteiger partial charge in [-0.05, 0) is 31.7 Å². The smallest absolute Gasteiger partial charge is 0.225 e. The first-order valence-electron chi connectivity index (χ1n) is 8.87. The monoisotopic (exact) mass is 389 g/mol. The van der Waals surface area contributed by atoms with Gasteiger partial charge in [-0.15, -0.1) is 24.8 Å². The Kier molecular flexibility index (Phi) is 6.76. The molecule has 2 N–H and O–H groups in total. The molecule has 1 aromatic heterocycles. The van der Waals surface area contributed by atoms with Crippen molar-refractivity contribution in [3.05, 3.63) is 18.0 Å². The van der Waals surface area contributed by atoms with E-state index in [-0.39, 0.29) is 42.6 Å². The number of halogens is 2. The third-order valence-electron chi connectivity index (χ3n) is 5.69. The normalized spacial score (nSPS) is 32.1. The van der Waals surface area contributed by atoms with Crippen LogP contribution in [0.2, 0.25) is 0 Å². The number of hydrogen-bond acceptors (Lipinski definition) is 4. The number of amides is 1. The molecule has 3 heterocycles. The van der Waals surface area contributed by atoms with E-state index in [0.29, 0.717) is 12.1 Å². The molecule has 1 aromatic rings. The first-order valence-corrected chi connectivity index (χ1v) is 8.87. The molecular formula is C17H29Cl2N5O. The zero-order valence-corrected chi connectivity index (χ0v) is 16.5. The van der Waals surface area contributed by atoms with Crippen molar-refractivity contribution in [2.24, 2.45) is 13.0 Å². The minimum Gasteiger partial charge on any atom is -0.352 e. The van der Waals surface area contributed by atoms with Gasteiger partial charge in [0.05, 0.1) is 12.1 Å². The zero-order valence-electron chi connectivity index (χ0n) is 14.9. The van der Waals surface area contributed by atoms with Gasteiger partial charge < -0.3 is 10.6 Å². The highest BCUT2D eigenvalue weighted by molar-refractivity contribution is 5.85. The van der Waals surface area contributed by atoms with Crippen molar-refractivity contribution in [1.82, 2.24) is 25.3 Å². The molecule has 142 valence electrons. The maximum atomic E-state index is 12.8. The fourth-order valence-electron chi connectivity index (χ4n) is 4.32. The average molecular weight is 390 g/mol. The van der Waals surface area contributed by atoms with Crippen LogP contribution in [0, 0.1) is 5.92 Å². The Labute approximate surface area is 161 Å². The fourth-order valence-corrected chi connectivity index (χ4v) is 4.32. The number of rotatable bonds is 4. The highest BCUT2D eigenvalue weighted by Crippen LogP contribution is 2.34. The molecule has 2 unspecified atom stereocenters. The van der Waals surface area contributed by atoms with Gasteiger partial charge >= 0.3 is 0 Å². The average Bonchev–Trinajstić information content (AvgIpc) is 2.93. The molecule has 0 spiro atoms. The number of nitrogens with zero attached hydrogens (tertiary/aromatic N) is 3. The van der Waals surface area contributed by atoms with Gasteiger partial charge in [0.2, 0.25) is 5.91 Å². The maximum absolute atomic E-state index is 12.8. The van der Waals surface area contributed by atoms with Crippen LogP contribution in [-0.4, -0.2) is 58.3 Å². The predicted molar refractivity (Wildman–Crippen MR) is 103 cm³/mol. The molecule has 3 aliphatic rings. The molecular weight excluding hydrogens is 361 g/mol. The van der Waals surface area contributed by atoms with Crippen LogP contribution in [0.15, 0.2) is 12.4 Å². The minimum absolute atomic E-state index is 0. The molecule has 6 nitrogen and oxygen atoms in total. The van der Waals surface area contributed by atoms with Crippen molar-refractivity contribution in [2.75, 3.05) is 19.6 Å². The Morgan fingerprint density at radius 1 is 1.32 bits per heavy atom. The molecule has 0 radical (unpaired) electrons. The van der Waals surface area contributed by atoms with Crippen LogP contribution >= 0.6 is 24.8 Å². The summed E-state index contributed by atoms with van der Waals surface area (Å²) in [6.07, 6.45) is 7.68. The van der Waals surface area contributed by atoms with E-state index in [4.69, 9.17) is 0 Å². The van der Waals surface area contributed by atoms with Crippen molar-refractivity contribution in [1.29, 1.82) is 0 Å². The molecule has 25 heavy (non-hydrogen) atoms. The van der Waals surface area contributed by atoms with Crippen LogP contribution in [0.4, 0.5) is 0 Å². The van der Waals surface area contributed by atoms with E-state index in [0.717, 1.165) is 37.7 Å².